The van der Waals surface area contributed by atoms with Gasteiger partial charge in [-0.05, 0) is 11.8 Å². The first kappa shape index (κ1) is 16.2. The fourth-order valence-corrected chi connectivity index (χ4v) is 0.831. The highest BCUT2D eigenvalue weighted by molar-refractivity contribution is 5.85. The Morgan fingerprint density at radius 3 is 2.21 bits per heavy atom. The van der Waals surface area contributed by atoms with Crippen molar-refractivity contribution in [3.05, 3.63) is 0 Å². The lowest BCUT2D eigenvalue weighted by Crippen LogP contribution is -2.38. The van der Waals surface area contributed by atoms with Gasteiger partial charge in [0.25, 0.3) is 0 Å². The predicted molar refractivity (Wildman–Crippen MR) is 60.5 cm³/mol. The smallest absolute Gasteiger partial charge is 0.323 e. The lowest BCUT2D eigenvalue weighted by atomic mass is 10.0. The minimum atomic E-state index is -0.469. The van der Waals surface area contributed by atoms with Gasteiger partial charge in [0, 0.05) is 0 Å². The zero-order valence-electron chi connectivity index (χ0n) is 9.45. The molecule has 0 aliphatic rings. The highest BCUT2D eigenvalue weighted by Gasteiger charge is 2.20. The Morgan fingerprint density at radius 2 is 1.86 bits per heavy atom. The third-order valence-corrected chi connectivity index (χ3v) is 2.09. The van der Waals surface area contributed by atoms with E-state index in [9.17, 15) is 4.79 Å². The van der Waals surface area contributed by atoms with Crippen molar-refractivity contribution in [3.63, 3.8) is 0 Å². The molecular formula is C10H22ClNO2. The van der Waals surface area contributed by atoms with Gasteiger partial charge in [0.05, 0.1) is 6.61 Å². The molecule has 0 heterocycles. The van der Waals surface area contributed by atoms with Crippen molar-refractivity contribution in [1.82, 2.24) is 0 Å². The van der Waals surface area contributed by atoms with Gasteiger partial charge in [-0.25, -0.2) is 0 Å². The number of esters is 1. The van der Waals surface area contributed by atoms with E-state index in [4.69, 9.17) is 10.5 Å². The van der Waals surface area contributed by atoms with Crippen LogP contribution in [0, 0.1) is 11.8 Å². The van der Waals surface area contributed by atoms with Crippen LogP contribution in [0.25, 0.3) is 0 Å². The normalized spacial score (nSPS) is 14.4. The van der Waals surface area contributed by atoms with Crippen LogP contribution in [0.15, 0.2) is 0 Å². The molecule has 4 heteroatoms. The van der Waals surface area contributed by atoms with Crippen LogP contribution in [0.3, 0.4) is 0 Å². The summed E-state index contributed by atoms with van der Waals surface area (Å²) in [6.07, 6.45) is 0.901. The second kappa shape index (κ2) is 8.06. The van der Waals surface area contributed by atoms with E-state index in [1.165, 1.54) is 0 Å². The van der Waals surface area contributed by atoms with Crippen molar-refractivity contribution in [2.45, 2.75) is 40.2 Å². The second-order valence-corrected chi connectivity index (χ2v) is 3.94. The average molecular weight is 224 g/mol. The molecule has 0 aromatic rings. The van der Waals surface area contributed by atoms with E-state index in [2.05, 4.69) is 0 Å². The summed E-state index contributed by atoms with van der Waals surface area (Å²) in [5, 5.41) is 0. The maximum atomic E-state index is 11.3. The van der Waals surface area contributed by atoms with Crippen LogP contribution in [0.4, 0.5) is 0 Å². The van der Waals surface area contributed by atoms with Gasteiger partial charge in [-0.2, -0.15) is 0 Å². The van der Waals surface area contributed by atoms with Gasteiger partial charge >= 0.3 is 5.97 Å². The summed E-state index contributed by atoms with van der Waals surface area (Å²) < 4.78 is 5.02. The topological polar surface area (TPSA) is 52.3 Å². The molecule has 2 atom stereocenters. The van der Waals surface area contributed by atoms with Crippen molar-refractivity contribution in [2.24, 2.45) is 17.6 Å². The molecule has 2 N–H and O–H groups in total. The number of nitrogens with two attached hydrogens (primary N) is 1. The monoisotopic (exact) mass is 223 g/mol. The molecule has 0 aromatic carbocycles. The van der Waals surface area contributed by atoms with Gasteiger partial charge in [-0.3, -0.25) is 4.79 Å². The molecule has 0 fully saturated rings. The van der Waals surface area contributed by atoms with Gasteiger partial charge in [0.1, 0.15) is 6.04 Å². The van der Waals surface area contributed by atoms with Gasteiger partial charge in [0.2, 0.25) is 0 Å². The Kier molecular flexibility index (Phi) is 9.31. The maximum absolute atomic E-state index is 11.3. The minimum Gasteiger partial charge on any atom is -0.464 e. The van der Waals surface area contributed by atoms with Crippen molar-refractivity contribution in [2.75, 3.05) is 6.61 Å². The van der Waals surface area contributed by atoms with Crippen molar-refractivity contribution in [1.29, 1.82) is 0 Å². The average Bonchev–Trinajstić information content (AvgIpc) is 2.11. The number of hydrogen-bond acceptors (Lipinski definition) is 3. The van der Waals surface area contributed by atoms with E-state index in [-0.39, 0.29) is 24.3 Å². The number of halogens is 1. The van der Waals surface area contributed by atoms with Crippen molar-refractivity contribution in [3.8, 4) is 0 Å². The second-order valence-electron chi connectivity index (χ2n) is 3.94. The SMILES string of the molecule is CC[C@H](C)[C@H](N)C(=O)OCC(C)C.Cl. The predicted octanol–water partition coefficient (Wildman–Crippen LogP) is 1.98. The molecular weight excluding hydrogens is 202 g/mol. The molecule has 0 saturated carbocycles. The molecule has 0 unspecified atom stereocenters. The van der Waals surface area contributed by atoms with E-state index < -0.39 is 6.04 Å². The third-order valence-electron chi connectivity index (χ3n) is 2.09. The molecule has 3 nitrogen and oxygen atoms in total. The largest absolute Gasteiger partial charge is 0.464 e. The van der Waals surface area contributed by atoms with Gasteiger partial charge in [-0.15, -0.1) is 12.4 Å². The fourth-order valence-electron chi connectivity index (χ4n) is 0.831. The molecule has 0 rings (SSSR count). The first-order chi connectivity index (χ1) is 5.99. The molecule has 0 amide bonds. The number of hydrogen-bond donors (Lipinski definition) is 1. The van der Waals surface area contributed by atoms with Crippen LogP contribution in [0.5, 0.6) is 0 Å². The number of rotatable bonds is 5. The van der Waals surface area contributed by atoms with Crippen LogP contribution >= 0.6 is 12.4 Å². The Balaban J connectivity index is 0. The zero-order chi connectivity index (χ0) is 10.4. The third kappa shape index (κ3) is 6.22. The Morgan fingerprint density at radius 1 is 1.36 bits per heavy atom. The standard InChI is InChI=1S/C10H21NO2.ClH/c1-5-8(4)9(11)10(12)13-6-7(2)3;/h7-9H,5-6,11H2,1-4H3;1H/t8-,9-;/m0./s1. The van der Waals surface area contributed by atoms with E-state index in [0.717, 1.165) is 6.42 Å². The Labute approximate surface area is 92.8 Å². The first-order valence-electron chi connectivity index (χ1n) is 4.91. The van der Waals surface area contributed by atoms with Crippen molar-refractivity contribution >= 4 is 18.4 Å². The van der Waals surface area contributed by atoms with E-state index in [1.807, 2.05) is 27.7 Å². The van der Waals surface area contributed by atoms with E-state index in [0.29, 0.717) is 12.5 Å². The Hall–Kier alpha value is -0.280. The molecule has 0 aliphatic heterocycles. The van der Waals surface area contributed by atoms with Gasteiger partial charge in [0.15, 0.2) is 0 Å². The molecule has 0 aromatic heterocycles. The molecule has 0 saturated heterocycles. The molecule has 0 aliphatic carbocycles. The number of carbonyl (C=O) groups excluding carboxylic acids is 1. The van der Waals surface area contributed by atoms with Crippen LogP contribution in [-0.2, 0) is 9.53 Å². The van der Waals surface area contributed by atoms with Crippen LogP contribution < -0.4 is 5.73 Å². The highest BCUT2D eigenvalue weighted by atomic mass is 35.5. The molecule has 14 heavy (non-hydrogen) atoms. The fraction of sp³-hybridized carbons (Fsp3) is 0.900. The molecule has 0 bridgehead atoms. The number of carbonyl (C=O) groups is 1. The number of ether oxygens (including phenoxy) is 1. The van der Waals surface area contributed by atoms with Gasteiger partial charge in [-0.1, -0.05) is 34.1 Å². The van der Waals surface area contributed by atoms with Crippen LogP contribution in [0.2, 0.25) is 0 Å². The summed E-state index contributed by atoms with van der Waals surface area (Å²) in [6, 6.07) is -0.469. The summed E-state index contributed by atoms with van der Waals surface area (Å²) in [5.74, 6) is 0.288. The molecule has 86 valence electrons. The molecule has 0 radical (unpaired) electrons. The van der Waals surface area contributed by atoms with Crippen LogP contribution in [0.1, 0.15) is 34.1 Å². The zero-order valence-corrected chi connectivity index (χ0v) is 10.3. The van der Waals surface area contributed by atoms with E-state index >= 15 is 0 Å². The van der Waals surface area contributed by atoms with E-state index in [1.54, 1.807) is 0 Å². The van der Waals surface area contributed by atoms with Crippen molar-refractivity contribution < 1.29 is 9.53 Å². The summed E-state index contributed by atoms with van der Waals surface area (Å²) in [5.41, 5.74) is 5.68. The summed E-state index contributed by atoms with van der Waals surface area (Å²) in [4.78, 5) is 11.3. The van der Waals surface area contributed by atoms with Gasteiger partial charge < -0.3 is 10.5 Å². The quantitative estimate of drug-likeness (QED) is 0.726. The highest BCUT2D eigenvalue weighted by Crippen LogP contribution is 2.07. The maximum Gasteiger partial charge on any atom is 0.323 e. The minimum absolute atomic E-state index is 0. The lowest BCUT2D eigenvalue weighted by molar-refractivity contribution is -0.147. The van der Waals surface area contributed by atoms with Crippen LogP contribution in [-0.4, -0.2) is 18.6 Å². The Bertz CT molecular complexity index is 162. The summed E-state index contributed by atoms with van der Waals surface area (Å²) >= 11 is 0. The summed E-state index contributed by atoms with van der Waals surface area (Å²) in [6.45, 7) is 8.44. The summed E-state index contributed by atoms with van der Waals surface area (Å²) in [7, 11) is 0. The molecule has 0 spiro atoms. The first-order valence-corrected chi connectivity index (χ1v) is 4.91. The lowest BCUT2D eigenvalue weighted by Gasteiger charge is -2.17.